The smallest absolute Gasteiger partial charge is 0.225 e. The number of phenolic OH excluding ortho intramolecular Hbond substituents is 1. The predicted octanol–water partition coefficient (Wildman–Crippen LogP) is 2.34. The molecule has 0 saturated heterocycles. The summed E-state index contributed by atoms with van der Waals surface area (Å²) in [5.41, 5.74) is 7.75. The summed E-state index contributed by atoms with van der Waals surface area (Å²) in [5, 5.41) is 12.5. The number of benzene rings is 2. The Morgan fingerprint density at radius 2 is 1.76 bits per heavy atom. The van der Waals surface area contributed by atoms with Crippen LogP contribution in [-0.2, 0) is 11.3 Å². The van der Waals surface area contributed by atoms with Gasteiger partial charge in [0.1, 0.15) is 5.75 Å². The quantitative estimate of drug-likeness (QED) is 0.789. The van der Waals surface area contributed by atoms with E-state index in [1.165, 1.54) is 0 Å². The van der Waals surface area contributed by atoms with Crippen LogP contribution in [0, 0.1) is 5.92 Å². The molecule has 0 fully saturated rings. The maximum absolute atomic E-state index is 12.2. The Hall–Kier alpha value is -2.33. The minimum atomic E-state index is -0.351. The lowest BCUT2D eigenvalue weighted by Crippen LogP contribution is -2.35. The van der Waals surface area contributed by atoms with Gasteiger partial charge in [-0.3, -0.25) is 4.79 Å². The first-order valence-electron chi connectivity index (χ1n) is 6.94. The second-order valence-corrected chi connectivity index (χ2v) is 5.07. The van der Waals surface area contributed by atoms with Crippen LogP contribution < -0.4 is 11.1 Å². The van der Waals surface area contributed by atoms with Crippen LogP contribution in [0.1, 0.15) is 24.1 Å². The molecule has 21 heavy (non-hydrogen) atoms. The zero-order valence-corrected chi connectivity index (χ0v) is 12.0. The van der Waals surface area contributed by atoms with Gasteiger partial charge in [0.05, 0.1) is 5.92 Å². The van der Waals surface area contributed by atoms with E-state index in [0.717, 1.165) is 5.56 Å². The van der Waals surface area contributed by atoms with Gasteiger partial charge in [-0.2, -0.15) is 0 Å². The summed E-state index contributed by atoms with van der Waals surface area (Å²) in [7, 11) is 0. The molecule has 1 amide bonds. The number of aromatic hydroxyl groups is 1. The number of para-hydroxylation sites is 1. The molecule has 4 nitrogen and oxygen atoms in total. The number of amides is 1. The first-order chi connectivity index (χ1) is 10.1. The molecule has 0 bridgehead atoms. The molecule has 4 N–H and O–H groups in total. The van der Waals surface area contributed by atoms with Crippen LogP contribution in [0.2, 0.25) is 0 Å². The predicted molar refractivity (Wildman–Crippen MR) is 82.5 cm³/mol. The number of rotatable bonds is 5. The Morgan fingerprint density at radius 1 is 1.14 bits per heavy atom. The summed E-state index contributed by atoms with van der Waals surface area (Å²) in [5.74, 6) is -0.300. The summed E-state index contributed by atoms with van der Waals surface area (Å²) in [4.78, 5) is 12.2. The van der Waals surface area contributed by atoms with Crippen molar-refractivity contribution < 1.29 is 9.90 Å². The van der Waals surface area contributed by atoms with Crippen molar-refractivity contribution in [2.75, 3.05) is 0 Å². The van der Waals surface area contributed by atoms with E-state index in [4.69, 9.17) is 5.73 Å². The molecule has 0 aliphatic carbocycles. The molecule has 0 radical (unpaired) electrons. The number of hydrogen-bond donors (Lipinski definition) is 3. The Labute approximate surface area is 124 Å². The number of nitrogens with one attached hydrogen (secondary N) is 1. The highest BCUT2D eigenvalue weighted by Gasteiger charge is 2.21. The van der Waals surface area contributed by atoms with E-state index in [2.05, 4.69) is 5.32 Å². The topological polar surface area (TPSA) is 75.3 Å². The van der Waals surface area contributed by atoms with E-state index in [1.807, 2.05) is 36.4 Å². The molecule has 2 aromatic rings. The lowest BCUT2D eigenvalue weighted by atomic mass is 9.94. The standard InChI is InChI=1S/C17H20N2O2/c1-12(16(18)13-7-3-2-4-8-13)17(21)19-11-14-9-5-6-10-15(14)20/h2-10,12,16,20H,11,18H2,1H3,(H,19,21). The fourth-order valence-electron chi connectivity index (χ4n) is 2.13. The third-order valence-corrected chi connectivity index (χ3v) is 3.58. The number of carbonyl (C=O) groups excluding carboxylic acids is 1. The van der Waals surface area contributed by atoms with Crippen LogP contribution in [0.5, 0.6) is 5.75 Å². The molecule has 0 aliphatic rings. The van der Waals surface area contributed by atoms with Gasteiger partial charge >= 0.3 is 0 Å². The van der Waals surface area contributed by atoms with Gasteiger partial charge in [-0.05, 0) is 11.6 Å². The summed E-state index contributed by atoms with van der Waals surface area (Å²) >= 11 is 0. The monoisotopic (exact) mass is 284 g/mol. The Bertz CT molecular complexity index is 599. The van der Waals surface area contributed by atoms with Gasteiger partial charge in [-0.25, -0.2) is 0 Å². The number of nitrogens with two attached hydrogens (primary N) is 1. The molecule has 0 aromatic heterocycles. The molecule has 110 valence electrons. The first-order valence-corrected chi connectivity index (χ1v) is 6.94. The summed E-state index contributed by atoms with van der Waals surface area (Å²) in [6.07, 6.45) is 0. The van der Waals surface area contributed by atoms with Crippen LogP contribution in [-0.4, -0.2) is 11.0 Å². The van der Waals surface area contributed by atoms with Crippen molar-refractivity contribution in [1.29, 1.82) is 0 Å². The first kappa shape index (κ1) is 15.1. The molecular weight excluding hydrogens is 264 g/mol. The average Bonchev–Trinajstić information content (AvgIpc) is 2.53. The minimum Gasteiger partial charge on any atom is -0.508 e. The fraction of sp³-hybridized carbons (Fsp3) is 0.235. The van der Waals surface area contributed by atoms with Gasteiger partial charge < -0.3 is 16.2 Å². The molecule has 2 aromatic carbocycles. The molecule has 0 aliphatic heterocycles. The fourth-order valence-corrected chi connectivity index (χ4v) is 2.13. The lowest BCUT2D eigenvalue weighted by Gasteiger charge is -2.20. The highest BCUT2D eigenvalue weighted by atomic mass is 16.3. The van der Waals surface area contributed by atoms with E-state index in [9.17, 15) is 9.90 Å². The van der Waals surface area contributed by atoms with Gasteiger partial charge in [0.25, 0.3) is 0 Å². The summed E-state index contributed by atoms with van der Waals surface area (Å²) in [6.45, 7) is 2.09. The van der Waals surface area contributed by atoms with Crippen LogP contribution in [0.3, 0.4) is 0 Å². The van der Waals surface area contributed by atoms with Gasteiger partial charge in [-0.1, -0.05) is 55.5 Å². The van der Waals surface area contributed by atoms with E-state index in [-0.39, 0.29) is 30.2 Å². The Kier molecular flexibility index (Phi) is 4.95. The highest BCUT2D eigenvalue weighted by Crippen LogP contribution is 2.20. The SMILES string of the molecule is CC(C(=O)NCc1ccccc1O)C(N)c1ccccc1. The van der Waals surface area contributed by atoms with Gasteiger partial charge in [0, 0.05) is 18.2 Å². The van der Waals surface area contributed by atoms with Crippen molar-refractivity contribution in [3.8, 4) is 5.75 Å². The van der Waals surface area contributed by atoms with E-state index < -0.39 is 0 Å². The van der Waals surface area contributed by atoms with E-state index in [0.29, 0.717) is 5.56 Å². The Balaban J connectivity index is 1.95. The highest BCUT2D eigenvalue weighted by molar-refractivity contribution is 5.79. The third-order valence-electron chi connectivity index (χ3n) is 3.58. The van der Waals surface area contributed by atoms with E-state index >= 15 is 0 Å². The molecule has 0 spiro atoms. The number of hydrogen-bond acceptors (Lipinski definition) is 3. The molecular formula is C17H20N2O2. The van der Waals surface area contributed by atoms with Crippen molar-refractivity contribution >= 4 is 5.91 Å². The molecule has 0 saturated carbocycles. The van der Waals surface area contributed by atoms with Crippen LogP contribution in [0.4, 0.5) is 0 Å². The van der Waals surface area contributed by atoms with Crippen LogP contribution in [0.25, 0.3) is 0 Å². The average molecular weight is 284 g/mol. The zero-order valence-electron chi connectivity index (χ0n) is 12.0. The van der Waals surface area contributed by atoms with Gasteiger partial charge in [-0.15, -0.1) is 0 Å². The van der Waals surface area contributed by atoms with Crippen LogP contribution in [0.15, 0.2) is 54.6 Å². The van der Waals surface area contributed by atoms with Gasteiger partial charge in [0.15, 0.2) is 0 Å². The van der Waals surface area contributed by atoms with E-state index in [1.54, 1.807) is 25.1 Å². The minimum absolute atomic E-state index is 0.130. The lowest BCUT2D eigenvalue weighted by molar-refractivity contribution is -0.125. The Morgan fingerprint density at radius 3 is 2.43 bits per heavy atom. The molecule has 0 heterocycles. The molecule has 2 atom stereocenters. The third kappa shape index (κ3) is 3.83. The number of phenols is 1. The van der Waals surface area contributed by atoms with Crippen molar-refractivity contribution in [1.82, 2.24) is 5.32 Å². The van der Waals surface area contributed by atoms with Crippen molar-refractivity contribution in [2.24, 2.45) is 11.7 Å². The van der Waals surface area contributed by atoms with Crippen molar-refractivity contribution in [3.05, 3.63) is 65.7 Å². The summed E-state index contributed by atoms with van der Waals surface area (Å²) in [6, 6.07) is 16.1. The number of carbonyl (C=O) groups is 1. The maximum Gasteiger partial charge on any atom is 0.225 e. The van der Waals surface area contributed by atoms with Crippen molar-refractivity contribution in [2.45, 2.75) is 19.5 Å². The van der Waals surface area contributed by atoms with Crippen molar-refractivity contribution in [3.63, 3.8) is 0 Å². The largest absolute Gasteiger partial charge is 0.508 e. The second kappa shape index (κ2) is 6.90. The molecule has 4 heteroatoms. The zero-order chi connectivity index (χ0) is 15.2. The van der Waals surface area contributed by atoms with Crippen LogP contribution >= 0.6 is 0 Å². The molecule has 2 rings (SSSR count). The normalized spacial score (nSPS) is 13.4. The van der Waals surface area contributed by atoms with Gasteiger partial charge in [0.2, 0.25) is 5.91 Å². The molecule has 2 unspecified atom stereocenters. The second-order valence-electron chi connectivity index (χ2n) is 5.07. The maximum atomic E-state index is 12.2. The summed E-state index contributed by atoms with van der Waals surface area (Å²) < 4.78 is 0.